The molecule has 0 atom stereocenters. The van der Waals surface area contributed by atoms with Crippen LogP contribution in [0.2, 0.25) is 0 Å². The molecule has 0 radical (unpaired) electrons. The predicted molar refractivity (Wildman–Crippen MR) is 125 cm³/mol. The second-order valence-electron chi connectivity index (χ2n) is 8.09. The highest BCUT2D eigenvalue weighted by molar-refractivity contribution is 7.13. The van der Waals surface area contributed by atoms with Gasteiger partial charge in [0.05, 0.1) is 5.69 Å². The number of anilines is 1. The van der Waals surface area contributed by atoms with E-state index in [1.54, 1.807) is 0 Å². The zero-order chi connectivity index (χ0) is 20.7. The molecular formula is C23H26N6S. The highest BCUT2D eigenvalue weighted by Crippen LogP contribution is 2.34. The summed E-state index contributed by atoms with van der Waals surface area (Å²) in [6.07, 6.45) is 1.94. The molecule has 154 valence electrons. The molecule has 6 nitrogen and oxygen atoms in total. The molecule has 1 aromatic carbocycles. The summed E-state index contributed by atoms with van der Waals surface area (Å²) in [5.74, 6) is 0. The lowest BCUT2D eigenvalue weighted by Crippen LogP contribution is -2.43. The van der Waals surface area contributed by atoms with E-state index in [-0.39, 0.29) is 0 Å². The summed E-state index contributed by atoms with van der Waals surface area (Å²) in [4.78, 5) is 17.4. The predicted octanol–water partition coefficient (Wildman–Crippen LogP) is 3.99. The first-order valence-corrected chi connectivity index (χ1v) is 11.1. The number of hydrogen-bond acceptors (Lipinski definition) is 6. The number of rotatable bonds is 4. The van der Waals surface area contributed by atoms with E-state index >= 15 is 0 Å². The Balaban J connectivity index is 1.42. The van der Waals surface area contributed by atoms with E-state index in [9.17, 15) is 0 Å². The fourth-order valence-corrected chi connectivity index (χ4v) is 4.71. The lowest BCUT2D eigenvalue weighted by atomic mass is 10.0. The Morgan fingerprint density at radius 3 is 2.57 bits per heavy atom. The monoisotopic (exact) mass is 418 g/mol. The van der Waals surface area contributed by atoms with Gasteiger partial charge >= 0.3 is 0 Å². The molecule has 4 aromatic rings. The number of benzene rings is 1. The molecule has 1 fully saturated rings. The summed E-state index contributed by atoms with van der Waals surface area (Å²) in [6, 6.07) is 11.1. The van der Waals surface area contributed by atoms with Crippen LogP contribution in [0, 0.1) is 6.92 Å². The first kappa shape index (κ1) is 19.2. The van der Waals surface area contributed by atoms with Crippen molar-refractivity contribution < 1.29 is 0 Å². The van der Waals surface area contributed by atoms with Crippen LogP contribution in [0.4, 0.5) is 5.13 Å². The van der Waals surface area contributed by atoms with Crippen molar-refractivity contribution >= 4 is 27.5 Å². The van der Waals surface area contributed by atoms with E-state index in [0.29, 0.717) is 5.13 Å². The number of aromatic amines is 1. The maximum atomic E-state index is 5.86. The number of nitrogen functional groups attached to an aromatic ring is 1. The van der Waals surface area contributed by atoms with E-state index in [1.165, 1.54) is 22.5 Å². The molecule has 0 amide bonds. The first-order chi connectivity index (χ1) is 14.6. The molecule has 0 saturated carbocycles. The van der Waals surface area contributed by atoms with Crippen molar-refractivity contribution in [3.63, 3.8) is 0 Å². The second kappa shape index (κ2) is 7.83. The van der Waals surface area contributed by atoms with Gasteiger partial charge < -0.3 is 15.6 Å². The van der Waals surface area contributed by atoms with Crippen LogP contribution in [-0.2, 0) is 6.54 Å². The minimum atomic E-state index is 0.582. The van der Waals surface area contributed by atoms with Gasteiger partial charge in [-0.15, -0.1) is 11.3 Å². The third-order valence-electron chi connectivity index (χ3n) is 5.91. The average Bonchev–Trinajstić information content (AvgIpc) is 3.31. The van der Waals surface area contributed by atoms with Crippen molar-refractivity contribution in [3.05, 3.63) is 53.2 Å². The number of aryl methyl sites for hydroxylation is 1. The fraction of sp³-hybridized carbons (Fsp3) is 0.304. The largest absolute Gasteiger partial charge is 0.375 e. The van der Waals surface area contributed by atoms with E-state index < -0.39 is 0 Å². The smallest absolute Gasteiger partial charge is 0.180 e. The minimum Gasteiger partial charge on any atom is -0.375 e. The van der Waals surface area contributed by atoms with Gasteiger partial charge in [-0.2, -0.15) is 0 Å². The quantitative estimate of drug-likeness (QED) is 0.524. The van der Waals surface area contributed by atoms with E-state index in [1.807, 2.05) is 11.6 Å². The Morgan fingerprint density at radius 1 is 1.10 bits per heavy atom. The molecule has 3 aromatic heterocycles. The number of piperazine rings is 1. The molecule has 5 rings (SSSR count). The summed E-state index contributed by atoms with van der Waals surface area (Å²) >= 11 is 1.46. The highest BCUT2D eigenvalue weighted by Gasteiger charge is 2.16. The third kappa shape index (κ3) is 3.71. The van der Waals surface area contributed by atoms with Crippen LogP contribution in [0.3, 0.4) is 0 Å². The van der Waals surface area contributed by atoms with Gasteiger partial charge in [-0.3, -0.25) is 4.90 Å². The Kier molecular flexibility index (Phi) is 5.02. The number of H-pyrrole nitrogens is 1. The van der Waals surface area contributed by atoms with Gasteiger partial charge in [0.2, 0.25) is 0 Å². The zero-order valence-corrected chi connectivity index (χ0v) is 18.2. The number of aromatic nitrogens is 3. The van der Waals surface area contributed by atoms with E-state index in [4.69, 9.17) is 5.73 Å². The van der Waals surface area contributed by atoms with E-state index in [2.05, 4.69) is 69.1 Å². The second-order valence-corrected chi connectivity index (χ2v) is 8.98. The summed E-state index contributed by atoms with van der Waals surface area (Å²) in [5, 5.41) is 3.67. The van der Waals surface area contributed by atoms with Crippen LogP contribution in [0.25, 0.3) is 33.4 Å². The molecule has 1 saturated heterocycles. The summed E-state index contributed by atoms with van der Waals surface area (Å²) in [6.45, 7) is 7.63. The molecule has 0 bridgehead atoms. The van der Waals surface area contributed by atoms with Crippen LogP contribution < -0.4 is 5.73 Å². The molecule has 0 spiro atoms. The minimum absolute atomic E-state index is 0.582. The number of likely N-dealkylation sites (N-methyl/N-ethyl adjacent to an activating group) is 1. The molecule has 4 heterocycles. The molecule has 0 unspecified atom stereocenters. The first-order valence-electron chi connectivity index (χ1n) is 10.3. The van der Waals surface area contributed by atoms with Gasteiger partial charge in [0, 0.05) is 66.5 Å². The Labute approximate surface area is 180 Å². The van der Waals surface area contributed by atoms with Crippen molar-refractivity contribution in [3.8, 4) is 22.4 Å². The van der Waals surface area contributed by atoms with Gasteiger partial charge in [0.15, 0.2) is 5.13 Å². The van der Waals surface area contributed by atoms with Crippen LogP contribution in [0.15, 0.2) is 41.9 Å². The molecule has 3 N–H and O–H groups in total. The Hall–Kier alpha value is -2.74. The SMILES string of the molecule is Cc1[nH]c2ncc(-c3ccc(CN4CCN(C)CC4)cc3)cc2c1-c1csc(N)n1. The van der Waals surface area contributed by atoms with Crippen molar-refractivity contribution in [1.29, 1.82) is 0 Å². The zero-order valence-electron chi connectivity index (χ0n) is 17.4. The fourth-order valence-electron chi connectivity index (χ4n) is 4.15. The number of hydrogen-bond donors (Lipinski definition) is 2. The Morgan fingerprint density at radius 2 is 1.87 bits per heavy atom. The lowest BCUT2D eigenvalue weighted by molar-refractivity contribution is 0.148. The molecule has 1 aliphatic rings. The number of fused-ring (bicyclic) bond motifs is 1. The number of thiazole rings is 1. The van der Waals surface area contributed by atoms with Crippen molar-refractivity contribution in [2.45, 2.75) is 13.5 Å². The lowest BCUT2D eigenvalue weighted by Gasteiger charge is -2.32. The van der Waals surface area contributed by atoms with E-state index in [0.717, 1.165) is 66.3 Å². The molecule has 30 heavy (non-hydrogen) atoms. The average molecular weight is 419 g/mol. The molecule has 0 aliphatic carbocycles. The molecule has 1 aliphatic heterocycles. The van der Waals surface area contributed by atoms with Gasteiger partial charge in [0.25, 0.3) is 0 Å². The van der Waals surface area contributed by atoms with Gasteiger partial charge in [-0.05, 0) is 31.2 Å². The topological polar surface area (TPSA) is 74.1 Å². The maximum absolute atomic E-state index is 5.86. The van der Waals surface area contributed by atoms with Crippen LogP contribution in [0.1, 0.15) is 11.3 Å². The van der Waals surface area contributed by atoms with Gasteiger partial charge in [0.1, 0.15) is 5.65 Å². The number of nitrogens with zero attached hydrogens (tertiary/aromatic N) is 4. The normalized spacial score (nSPS) is 15.8. The van der Waals surface area contributed by atoms with Crippen molar-refractivity contribution in [1.82, 2.24) is 24.8 Å². The molecule has 7 heteroatoms. The van der Waals surface area contributed by atoms with Gasteiger partial charge in [-0.1, -0.05) is 24.3 Å². The summed E-state index contributed by atoms with van der Waals surface area (Å²) in [5.41, 5.74) is 13.4. The maximum Gasteiger partial charge on any atom is 0.180 e. The van der Waals surface area contributed by atoms with Gasteiger partial charge in [-0.25, -0.2) is 9.97 Å². The number of nitrogens with one attached hydrogen (secondary N) is 1. The van der Waals surface area contributed by atoms with Crippen molar-refractivity contribution in [2.24, 2.45) is 0 Å². The number of nitrogens with two attached hydrogens (primary N) is 1. The highest BCUT2D eigenvalue weighted by atomic mass is 32.1. The molecular weight excluding hydrogens is 392 g/mol. The van der Waals surface area contributed by atoms with Crippen LogP contribution in [0.5, 0.6) is 0 Å². The summed E-state index contributed by atoms with van der Waals surface area (Å²) in [7, 11) is 2.19. The van der Waals surface area contributed by atoms with Crippen molar-refractivity contribution in [2.75, 3.05) is 39.0 Å². The van der Waals surface area contributed by atoms with Crippen LogP contribution >= 0.6 is 11.3 Å². The summed E-state index contributed by atoms with van der Waals surface area (Å²) < 4.78 is 0. The number of pyridine rings is 1. The third-order valence-corrected chi connectivity index (χ3v) is 6.58. The standard InChI is InChI=1S/C23H26N6S/c1-15-21(20-14-30-23(24)27-20)19-11-18(12-25-22(19)26-15)17-5-3-16(4-6-17)13-29-9-7-28(2)8-10-29/h3-6,11-12,14H,7-10,13H2,1-2H3,(H2,24,27)(H,25,26). The van der Waals surface area contributed by atoms with Crippen LogP contribution in [-0.4, -0.2) is 58.0 Å². The Bertz CT molecular complexity index is 1170.